The molecule has 1 rings (SSSR count). The topological polar surface area (TPSA) is 46.2 Å². The lowest BCUT2D eigenvalue weighted by Crippen LogP contribution is -2.25. The SMILES string of the molecule is CCS(=O)(=O)CCNCCc1ccc(Cl)cc1Cl. The molecule has 0 spiro atoms. The first-order valence-electron chi connectivity index (χ1n) is 5.79. The standard InChI is InChI=1S/C12H17Cl2NO2S/c1-2-18(16,17)8-7-15-6-5-10-3-4-11(13)9-12(10)14/h3-4,9,15H,2,5-8H2,1H3. The number of sulfone groups is 1. The summed E-state index contributed by atoms with van der Waals surface area (Å²) in [6.07, 6.45) is 0.752. The molecule has 1 aromatic rings. The van der Waals surface area contributed by atoms with Gasteiger partial charge in [-0.2, -0.15) is 0 Å². The minimum atomic E-state index is -2.88. The number of benzene rings is 1. The van der Waals surface area contributed by atoms with Crippen molar-refractivity contribution in [1.82, 2.24) is 5.32 Å². The summed E-state index contributed by atoms with van der Waals surface area (Å²) in [5, 5.41) is 4.36. The molecule has 1 N–H and O–H groups in total. The van der Waals surface area contributed by atoms with Crippen LogP contribution >= 0.6 is 23.2 Å². The van der Waals surface area contributed by atoms with Gasteiger partial charge in [-0.25, -0.2) is 8.42 Å². The first-order chi connectivity index (χ1) is 8.44. The summed E-state index contributed by atoms with van der Waals surface area (Å²) in [5.74, 6) is 0.371. The predicted molar refractivity (Wildman–Crippen MR) is 77.4 cm³/mol. The molecule has 0 aliphatic rings. The van der Waals surface area contributed by atoms with Gasteiger partial charge in [0.25, 0.3) is 0 Å². The van der Waals surface area contributed by atoms with E-state index in [1.165, 1.54) is 0 Å². The Hall–Kier alpha value is -0.290. The Morgan fingerprint density at radius 3 is 2.56 bits per heavy atom. The van der Waals surface area contributed by atoms with Gasteiger partial charge in [0.2, 0.25) is 0 Å². The number of hydrogen-bond acceptors (Lipinski definition) is 3. The third-order valence-corrected chi connectivity index (χ3v) is 4.91. The summed E-state index contributed by atoms with van der Waals surface area (Å²) >= 11 is 11.8. The molecule has 3 nitrogen and oxygen atoms in total. The smallest absolute Gasteiger partial charge is 0.151 e. The van der Waals surface area contributed by atoms with Gasteiger partial charge in [0.1, 0.15) is 0 Å². The molecule has 0 saturated carbocycles. The van der Waals surface area contributed by atoms with E-state index in [0.29, 0.717) is 23.1 Å². The molecule has 0 saturated heterocycles. The van der Waals surface area contributed by atoms with E-state index in [0.717, 1.165) is 12.0 Å². The normalized spacial score (nSPS) is 11.7. The fourth-order valence-corrected chi connectivity index (χ4v) is 2.69. The quantitative estimate of drug-likeness (QED) is 0.787. The van der Waals surface area contributed by atoms with Gasteiger partial charge < -0.3 is 5.32 Å². The zero-order valence-electron chi connectivity index (χ0n) is 10.2. The highest BCUT2D eigenvalue weighted by Crippen LogP contribution is 2.20. The van der Waals surface area contributed by atoms with Gasteiger partial charge in [-0.15, -0.1) is 0 Å². The fraction of sp³-hybridized carbons (Fsp3) is 0.500. The molecule has 102 valence electrons. The van der Waals surface area contributed by atoms with Crippen molar-refractivity contribution in [2.75, 3.05) is 24.6 Å². The van der Waals surface area contributed by atoms with E-state index in [1.807, 2.05) is 6.07 Å². The molecule has 18 heavy (non-hydrogen) atoms. The van der Waals surface area contributed by atoms with Crippen molar-refractivity contribution in [2.45, 2.75) is 13.3 Å². The third-order valence-electron chi connectivity index (χ3n) is 2.62. The van der Waals surface area contributed by atoms with Crippen LogP contribution in [-0.2, 0) is 16.3 Å². The molecule has 0 heterocycles. The fourth-order valence-electron chi connectivity index (χ4n) is 1.44. The van der Waals surface area contributed by atoms with E-state index in [-0.39, 0.29) is 11.5 Å². The molecule has 0 fully saturated rings. The Morgan fingerprint density at radius 1 is 1.22 bits per heavy atom. The second-order valence-electron chi connectivity index (χ2n) is 3.97. The lowest BCUT2D eigenvalue weighted by atomic mass is 10.1. The van der Waals surface area contributed by atoms with Gasteiger partial charge in [0.05, 0.1) is 5.75 Å². The van der Waals surface area contributed by atoms with Crippen LogP contribution in [0.2, 0.25) is 10.0 Å². The first kappa shape index (κ1) is 15.8. The Kier molecular flexibility index (Phi) is 6.43. The van der Waals surface area contributed by atoms with Crippen molar-refractivity contribution in [3.63, 3.8) is 0 Å². The Bertz CT molecular complexity index is 489. The van der Waals surface area contributed by atoms with Gasteiger partial charge >= 0.3 is 0 Å². The minimum absolute atomic E-state index is 0.178. The van der Waals surface area contributed by atoms with Crippen molar-refractivity contribution < 1.29 is 8.42 Å². The summed E-state index contributed by atoms with van der Waals surface area (Å²) in [5.41, 5.74) is 1.01. The van der Waals surface area contributed by atoms with E-state index >= 15 is 0 Å². The Labute approximate surface area is 118 Å². The van der Waals surface area contributed by atoms with Crippen LogP contribution in [0.3, 0.4) is 0 Å². The largest absolute Gasteiger partial charge is 0.315 e. The van der Waals surface area contributed by atoms with E-state index in [2.05, 4.69) is 5.32 Å². The first-order valence-corrected chi connectivity index (χ1v) is 8.37. The lowest BCUT2D eigenvalue weighted by molar-refractivity contribution is 0.592. The summed E-state index contributed by atoms with van der Waals surface area (Å²) in [7, 11) is -2.88. The number of halogens is 2. The number of hydrogen-bond donors (Lipinski definition) is 1. The molecule has 0 amide bonds. The van der Waals surface area contributed by atoms with Crippen LogP contribution in [0.4, 0.5) is 0 Å². The van der Waals surface area contributed by atoms with Crippen LogP contribution in [0.5, 0.6) is 0 Å². The number of nitrogens with one attached hydrogen (secondary N) is 1. The Balaban J connectivity index is 2.30. The zero-order valence-corrected chi connectivity index (χ0v) is 12.6. The second kappa shape index (κ2) is 7.34. The predicted octanol–water partition coefficient (Wildman–Crippen LogP) is 2.56. The van der Waals surface area contributed by atoms with Gasteiger partial charge in [0, 0.05) is 22.3 Å². The highest BCUT2D eigenvalue weighted by molar-refractivity contribution is 7.91. The maximum Gasteiger partial charge on any atom is 0.151 e. The minimum Gasteiger partial charge on any atom is -0.315 e. The van der Waals surface area contributed by atoms with E-state index < -0.39 is 9.84 Å². The van der Waals surface area contributed by atoms with E-state index in [4.69, 9.17) is 23.2 Å². The van der Waals surface area contributed by atoms with Crippen LogP contribution in [0.25, 0.3) is 0 Å². The molecule has 0 radical (unpaired) electrons. The number of rotatable bonds is 7. The van der Waals surface area contributed by atoms with E-state index in [1.54, 1.807) is 19.1 Å². The van der Waals surface area contributed by atoms with Gasteiger partial charge in [0.15, 0.2) is 9.84 Å². The average molecular weight is 310 g/mol. The molecule has 6 heteroatoms. The van der Waals surface area contributed by atoms with Gasteiger partial charge in [-0.3, -0.25) is 0 Å². The van der Waals surface area contributed by atoms with E-state index in [9.17, 15) is 8.42 Å². The molecule has 0 aliphatic heterocycles. The third kappa shape index (κ3) is 5.57. The molecule has 0 atom stereocenters. The van der Waals surface area contributed by atoms with Gasteiger partial charge in [-0.1, -0.05) is 36.2 Å². The van der Waals surface area contributed by atoms with Crippen LogP contribution in [-0.4, -0.2) is 33.0 Å². The second-order valence-corrected chi connectivity index (χ2v) is 7.29. The molecular formula is C12H17Cl2NO2S. The van der Waals surface area contributed by atoms with Crippen molar-refractivity contribution in [3.8, 4) is 0 Å². The Morgan fingerprint density at radius 2 is 1.94 bits per heavy atom. The molecule has 0 aliphatic carbocycles. The molecule has 0 aromatic heterocycles. The van der Waals surface area contributed by atoms with Crippen molar-refractivity contribution in [2.24, 2.45) is 0 Å². The highest BCUT2D eigenvalue weighted by atomic mass is 35.5. The monoisotopic (exact) mass is 309 g/mol. The summed E-state index contributed by atoms with van der Waals surface area (Å²) in [6.45, 7) is 2.82. The summed E-state index contributed by atoms with van der Waals surface area (Å²) in [4.78, 5) is 0. The van der Waals surface area contributed by atoms with Gasteiger partial charge in [-0.05, 0) is 30.7 Å². The molecule has 1 aromatic carbocycles. The van der Waals surface area contributed by atoms with Crippen molar-refractivity contribution >= 4 is 33.0 Å². The lowest BCUT2D eigenvalue weighted by Gasteiger charge is -2.07. The zero-order chi connectivity index (χ0) is 13.6. The van der Waals surface area contributed by atoms with Crippen molar-refractivity contribution in [3.05, 3.63) is 33.8 Å². The average Bonchev–Trinajstić information content (AvgIpc) is 2.31. The summed E-state index contributed by atoms with van der Waals surface area (Å²) in [6, 6.07) is 5.39. The summed E-state index contributed by atoms with van der Waals surface area (Å²) < 4.78 is 22.5. The van der Waals surface area contributed by atoms with Crippen LogP contribution < -0.4 is 5.32 Å². The van der Waals surface area contributed by atoms with Crippen molar-refractivity contribution in [1.29, 1.82) is 0 Å². The molecular weight excluding hydrogens is 293 g/mol. The maximum absolute atomic E-state index is 11.2. The van der Waals surface area contributed by atoms with Crippen LogP contribution in [0.1, 0.15) is 12.5 Å². The maximum atomic E-state index is 11.2. The van der Waals surface area contributed by atoms with Crippen LogP contribution in [0, 0.1) is 0 Å². The molecule has 0 bridgehead atoms. The van der Waals surface area contributed by atoms with Crippen LogP contribution in [0.15, 0.2) is 18.2 Å². The molecule has 0 unspecified atom stereocenters. The highest BCUT2D eigenvalue weighted by Gasteiger charge is 2.06.